The number of aryl methyl sites for hydroxylation is 2. The summed E-state index contributed by atoms with van der Waals surface area (Å²) in [6.45, 7) is 2.78. The number of carbonyl (C=O) groups is 1. The van der Waals surface area contributed by atoms with Crippen molar-refractivity contribution in [3.63, 3.8) is 0 Å². The molecular formula is C19H21N3O3. The monoisotopic (exact) mass is 339 g/mol. The van der Waals surface area contributed by atoms with Crippen LogP contribution in [0, 0.1) is 0 Å². The van der Waals surface area contributed by atoms with Gasteiger partial charge in [-0.25, -0.2) is 0 Å². The lowest BCUT2D eigenvalue weighted by molar-refractivity contribution is 0.0918. The van der Waals surface area contributed by atoms with E-state index in [1.54, 1.807) is 23.0 Å². The maximum absolute atomic E-state index is 12.1. The second-order valence-electron chi connectivity index (χ2n) is 5.68. The molecule has 0 saturated carbocycles. The molecule has 6 nitrogen and oxygen atoms in total. The maximum Gasteiger partial charge on any atom is 0.287 e. The second-order valence-corrected chi connectivity index (χ2v) is 5.68. The highest BCUT2D eigenvalue weighted by molar-refractivity contribution is 5.91. The Morgan fingerprint density at radius 1 is 1.20 bits per heavy atom. The molecule has 2 heterocycles. The number of amides is 1. The number of hydrogen-bond acceptors (Lipinski definition) is 4. The number of aromatic nitrogens is 2. The van der Waals surface area contributed by atoms with E-state index in [2.05, 4.69) is 17.3 Å². The van der Waals surface area contributed by atoms with Crippen LogP contribution < -0.4 is 10.1 Å². The fraction of sp³-hybridized carbons (Fsp3) is 0.263. The van der Waals surface area contributed by atoms with Crippen molar-refractivity contribution in [3.05, 3.63) is 71.4 Å². The van der Waals surface area contributed by atoms with Gasteiger partial charge in [-0.3, -0.25) is 9.48 Å². The van der Waals surface area contributed by atoms with E-state index >= 15 is 0 Å². The summed E-state index contributed by atoms with van der Waals surface area (Å²) >= 11 is 0. The molecule has 3 aromatic rings. The van der Waals surface area contributed by atoms with Gasteiger partial charge >= 0.3 is 0 Å². The van der Waals surface area contributed by atoms with E-state index in [4.69, 9.17) is 9.15 Å². The van der Waals surface area contributed by atoms with Crippen molar-refractivity contribution < 1.29 is 13.9 Å². The lowest BCUT2D eigenvalue weighted by Gasteiger charge is -2.05. The first-order valence-corrected chi connectivity index (χ1v) is 8.21. The Morgan fingerprint density at radius 3 is 2.68 bits per heavy atom. The first-order chi connectivity index (χ1) is 12.2. The molecule has 3 rings (SSSR count). The lowest BCUT2D eigenvalue weighted by atomic mass is 10.2. The van der Waals surface area contributed by atoms with Crippen LogP contribution in [0.5, 0.6) is 5.75 Å². The Balaban J connectivity index is 1.52. The number of rotatable bonds is 7. The summed E-state index contributed by atoms with van der Waals surface area (Å²) in [6, 6.07) is 13.2. The lowest BCUT2D eigenvalue weighted by Crippen LogP contribution is -2.23. The maximum atomic E-state index is 12.1. The van der Waals surface area contributed by atoms with E-state index in [1.807, 2.05) is 37.4 Å². The van der Waals surface area contributed by atoms with Crippen LogP contribution in [0.3, 0.4) is 0 Å². The van der Waals surface area contributed by atoms with Crippen molar-refractivity contribution in [2.75, 3.05) is 0 Å². The van der Waals surface area contributed by atoms with Gasteiger partial charge < -0.3 is 14.5 Å². The van der Waals surface area contributed by atoms with Crippen LogP contribution in [-0.4, -0.2) is 15.7 Å². The molecule has 2 aromatic heterocycles. The molecule has 0 spiro atoms. The van der Waals surface area contributed by atoms with E-state index in [1.165, 1.54) is 5.56 Å². The molecular weight excluding hydrogens is 318 g/mol. The van der Waals surface area contributed by atoms with Crippen molar-refractivity contribution in [2.24, 2.45) is 7.05 Å². The summed E-state index contributed by atoms with van der Waals surface area (Å²) in [4.78, 5) is 12.1. The predicted octanol–water partition coefficient (Wildman–Crippen LogP) is 3.08. The molecule has 1 N–H and O–H groups in total. The van der Waals surface area contributed by atoms with Gasteiger partial charge in [0.05, 0.1) is 12.2 Å². The smallest absolute Gasteiger partial charge is 0.287 e. The number of carbonyl (C=O) groups excluding carboxylic acids is 1. The number of ether oxygens (including phenoxy) is 1. The first kappa shape index (κ1) is 16.8. The Morgan fingerprint density at radius 2 is 2.00 bits per heavy atom. The number of nitrogens with one attached hydrogen (secondary N) is 1. The molecule has 6 heteroatoms. The Bertz CT molecular complexity index is 834. The molecule has 0 radical (unpaired) electrons. The van der Waals surface area contributed by atoms with Gasteiger partial charge in [0.15, 0.2) is 5.76 Å². The number of benzene rings is 1. The average molecular weight is 339 g/mol. The van der Waals surface area contributed by atoms with Crippen LogP contribution in [0.2, 0.25) is 0 Å². The van der Waals surface area contributed by atoms with Crippen molar-refractivity contribution in [1.82, 2.24) is 15.1 Å². The molecule has 25 heavy (non-hydrogen) atoms. The number of nitrogens with zero attached hydrogens (tertiary/aromatic N) is 2. The largest absolute Gasteiger partial charge is 0.486 e. The zero-order valence-electron chi connectivity index (χ0n) is 14.4. The van der Waals surface area contributed by atoms with Crippen LogP contribution in [0.1, 0.15) is 34.5 Å². The van der Waals surface area contributed by atoms with Crippen LogP contribution in [0.15, 0.2) is 53.1 Å². The topological polar surface area (TPSA) is 69.3 Å². The number of furan rings is 1. The Hall–Kier alpha value is -3.02. The van der Waals surface area contributed by atoms with Crippen LogP contribution >= 0.6 is 0 Å². The van der Waals surface area contributed by atoms with Gasteiger partial charge in [0.1, 0.15) is 18.1 Å². The minimum absolute atomic E-state index is 0.264. The summed E-state index contributed by atoms with van der Waals surface area (Å²) in [6.07, 6.45) is 2.69. The molecule has 0 fully saturated rings. The van der Waals surface area contributed by atoms with E-state index < -0.39 is 0 Å². The molecule has 0 aliphatic carbocycles. The SMILES string of the molecule is CCc1ccc(OCc2ccc(C(=O)NCc3ccnn3C)o2)cc1. The average Bonchev–Trinajstić information content (AvgIpc) is 3.27. The standard InChI is InChI=1S/C19H21N3O3/c1-3-14-4-6-16(7-5-14)24-13-17-8-9-18(25-17)19(23)20-12-15-10-11-21-22(15)2/h4-11H,3,12-13H2,1-2H3,(H,20,23). The second kappa shape index (κ2) is 7.70. The molecule has 0 bridgehead atoms. The van der Waals surface area contributed by atoms with Crippen molar-refractivity contribution in [1.29, 1.82) is 0 Å². The third-order valence-corrected chi connectivity index (χ3v) is 3.95. The summed E-state index contributed by atoms with van der Waals surface area (Å²) in [7, 11) is 1.83. The Kier molecular flexibility index (Phi) is 5.18. The highest BCUT2D eigenvalue weighted by Crippen LogP contribution is 2.16. The molecule has 0 aliphatic rings. The first-order valence-electron chi connectivity index (χ1n) is 8.21. The molecule has 130 valence electrons. The summed E-state index contributed by atoms with van der Waals surface area (Å²) < 4.78 is 12.9. The van der Waals surface area contributed by atoms with Crippen LogP contribution in [-0.2, 0) is 26.6 Å². The molecule has 1 amide bonds. The van der Waals surface area contributed by atoms with Gasteiger partial charge in [0.2, 0.25) is 0 Å². The highest BCUT2D eigenvalue weighted by atomic mass is 16.5. The molecule has 0 aliphatic heterocycles. The van der Waals surface area contributed by atoms with Gasteiger partial charge in [-0.15, -0.1) is 0 Å². The van der Waals surface area contributed by atoms with E-state index in [0.29, 0.717) is 12.3 Å². The summed E-state index contributed by atoms with van der Waals surface area (Å²) in [5.74, 6) is 1.38. The fourth-order valence-corrected chi connectivity index (χ4v) is 2.39. The van der Waals surface area contributed by atoms with Gasteiger partial charge in [-0.1, -0.05) is 19.1 Å². The molecule has 0 saturated heterocycles. The van der Waals surface area contributed by atoms with E-state index in [9.17, 15) is 4.79 Å². The number of hydrogen-bond donors (Lipinski definition) is 1. The van der Waals surface area contributed by atoms with Crippen LogP contribution in [0.4, 0.5) is 0 Å². The minimum atomic E-state index is -0.264. The zero-order chi connectivity index (χ0) is 17.6. The third-order valence-electron chi connectivity index (χ3n) is 3.95. The van der Waals surface area contributed by atoms with Gasteiger partial charge in [0.25, 0.3) is 5.91 Å². The highest BCUT2D eigenvalue weighted by Gasteiger charge is 2.12. The summed E-state index contributed by atoms with van der Waals surface area (Å²) in [5, 5.41) is 6.87. The molecule has 1 aromatic carbocycles. The van der Waals surface area contributed by atoms with Gasteiger partial charge in [0, 0.05) is 13.2 Å². The predicted molar refractivity (Wildman–Crippen MR) is 93.2 cm³/mol. The normalized spacial score (nSPS) is 10.6. The van der Waals surface area contributed by atoms with E-state index in [-0.39, 0.29) is 18.3 Å². The van der Waals surface area contributed by atoms with Crippen molar-refractivity contribution in [3.8, 4) is 5.75 Å². The van der Waals surface area contributed by atoms with Gasteiger partial charge in [-0.05, 0) is 42.3 Å². The molecule has 0 atom stereocenters. The molecule has 0 unspecified atom stereocenters. The Labute approximate surface area is 146 Å². The van der Waals surface area contributed by atoms with Crippen molar-refractivity contribution >= 4 is 5.91 Å². The zero-order valence-corrected chi connectivity index (χ0v) is 14.4. The van der Waals surface area contributed by atoms with Gasteiger partial charge in [-0.2, -0.15) is 5.10 Å². The quantitative estimate of drug-likeness (QED) is 0.718. The summed E-state index contributed by atoms with van der Waals surface area (Å²) in [5.41, 5.74) is 2.18. The minimum Gasteiger partial charge on any atom is -0.486 e. The third kappa shape index (κ3) is 4.29. The fourth-order valence-electron chi connectivity index (χ4n) is 2.39. The van der Waals surface area contributed by atoms with Crippen LogP contribution in [0.25, 0.3) is 0 Å². The van der Waals surface area contributed by atoms with Crippen molar-refractivity contribution in [2.45, 2.75) is 26.5 Å². The van der Waals surface area contributed by atoms with E-state index in [0.717, 1.165) is 17.9 Å².